The number of amides is 1. The van der Waals surface area contributed by atoms with Crippen LogP contribution in [0.5, 0.6) is 0 Å². The molecule has 1 aromatic heterocycles. The summed E-state index contributed by atoms with van der Waals surface area (Å²) in [6, 6.07) is 5.01. The van der Waals surface area contributed by atoms with Crippen LogP contribution in [0.15, 0.2) is 51.9 Å². The van der Waals surface area contributed by atoms with E-state index in [1.54, 1.807) is 22.8 Å². The molecule has 4 rings (SSSR count). The van der Waals surface area contributed by atoms with Gasteiger partial charge in [-0.3, -0.25) is 14.2 Å². The van der Waals surface area contributed by atoms with Gasteiger partial charge in [-0.15, -0.1) is 0 Å². The largest absolute Gasteiger partial charge is 0.296 e. The first-order valence-electron chi connectivity index (χ1n) is 9.67. The van der Waals surface area contributed by atoms with Crippen LogP contribution in [-0.2, 0) is 13.0 Å². The molecule has 1 atom stereocenters. The molecule has 6 nitrogen and oxygen atoms in total. The molecule has 0 unspecified atom stereocenters. The number of fused-ring (bicyclic) bond motifs is 2. The fourth-order valence-electron chi connectivity index (χ4n) is 3.83. The van der Waals surface area contributed by atoms with Crippen molar-refractivity contribution in [1.29, 1.82) is 0 Å². The average Bonchev–Trinajstić information content (AvgIpc) is 3.15. The van der Waals surface area contributed by atoms with Crippen molar-refractivity contribution >= 4 is 22.5 Å². The number of nitrogens with zero attached hydrogens (tertiary/aromatic N) is 3. The first-order chi connectivity index (χ1) is 13.4. The smallest absolute Gasteiger partial charge is 0.271 e. The van der Waals surface area contributed by atoms with E-state index < -0.39 is 0 Å². The summed E-state index contributed by atoms with van der Waals surface area (Å²) in [6.45, 7) is 8.79. The second kappa shape index (κ2) is 7.19. The molecule has 28 heavy (non-hydrogen) atoms. The predicted octanol–water partition coefficient (Wildman–Crippen LogP) is 3.36. The van der Waals surface area contributed by atoms with Crippen LogP contribution in [0, 0.1) is 5.92 Å². The van der Waals surface area contributed by atoms with Crippen molar-refractivity contribution in [2.45, 2.75) is 46.1 Å². The van der Waals surface area contributed by atoms with Crippen LogP contribution in [0.3, 0.4) is 0 Å². The Morgan fingerprint density at radius 1 is 1.39 bits per heavy atom. The van der Waals surface area contributed by atoms with Gasteiger partial charge in [0.2, 0.25) is 0 Å². The summed E-state index contributed by atoms with van der Waals surface area (Å²) in [5.41, 5.74) is 6.73. The van der Waals surface area contributed by atoms with E-state index >= 15 is 0 Å². The minimum absolute atomic E-state index is 0.0292. The van der Waals surface area contributed by atoms with Crippen molar-refractivity contribution < 1.29 is 4.79 Å². The number of carbonyl (C=O) groups is 1. The van der Waals surface area contributed by atoms with E-state index in [2.05, 4.69) is 28.2 Å². The summed E-state index contributed by atoms with van der Waals surface area (Å²) in [6.07, 6.45) is 5.61. The summed E-state index contributed by atoms with van der Waals surface area (Å²) < 4.78 is 1.73. The number of allylic oxidation sites excluding steroid dienone is 3. The molecule has 2 heterocycles. The third-order valence-electron chi connectivity index (χ3n) is 5.67. The first-order valence-corrected chi connectivity index (χ1v) is 9.67. The Hall–Kier alpha value is -3.02. The quantitative estimate of drug-likeness (QED) is 0.659. The van der Waals surface area contributed by atoms with Gasteiger partial charge in [0.05, 0.1) is 16.6 Å². The SMILES string of the molecule is C=C(C)[C@H]1CC=C(C)/C(=N\NC(=O)c2ccc3c(=O)n4c(nc3c2)CCC4)C1. The normalized spacial score (nSPS) is 20.1. The molecule has 2 aromatic rings. The number of aromatic nitrogens is 2. The minimum atomic E-state index is -0.304. The molecule has 0 fully saturated rings. The average molecular weight is 376 g/mol. The molecule has 2 aliphatic rings. The van der Waals surface area contributed by atoms with Crippen LogP contribution in [0.4, 0.5) is 0 Å². The van der Waals surface area contributed by atoms with E-state index in [9.17, 15) is 9.59 Å². The van der Waals surface area contributed by atoms with Crippen molar-refractivity contribution in [3.8, 4) is 0 Å². The lowest BCUT2D eigenvalue weighted by Gasteiger charge is -2.22. The lowest BCUT2D eigenvalue weighted by molar-refractivity contribution is 0.0955. The Morgan fingerprint density at radius 2 is 2.21 bits per heavy atom. The molecule has 144 valence electrons. The second-order valence-corrected chi connectivity index (χ2v) is 7.69. The second-order valence-electron chi connectivity index (χ2n) is 7.69. The van der Waals surface area contributed by atoms with Gasteiger partial charge in [-0.2, -0.15) is 5.10 Å². The summed E-state index contributed by atoms with van der Waals surface area (Å²) >= 11 is 0. The molecular weight excluding hydrogens is 352 g/mol. The molecule has 6 heteroatoms. The fourth-order valence-corrected chi connectivity index (χ4v) is 3.83. The molecule has 0 spiro atoms. The zero-order valence-corrected chi connectivity index (χ0v) is 16.3. The van der Waals surface area contributed by atoms with Crippen LogP contribution >= 0.6 is 0 Å². The molecule has 1 aliphatic heterocycles. The van der Waals surface area contributed by atoms with E-state index in [-0.39, 0.29) is 11.5 Å². The number of carbonyl (C=O) groups excluding carboxylic acids is 1. The van der Waals surface area contributed by atoms with Gasteiger partial charge < -0.3 is 0 Å². The maximum Gasteiger partial charge on any atom is 0.271 e. The summed E-state index contributed by atoms with van der Waals surface area (Å²) in [4.78, 5) is 29.7. The molecule has 0 radical (unpaired) electrons. The van der Waals surface area contributed by atoms with Gasteiger partial charge in [0.1, 0.15) is 5.82 Å². The number of benzene rings is 1. The summed E-state index contributed by atoms with van der Waals surface area (Å²) in [5, 5.41) is 4.90. The molecular formula is C22H24N4O2. The van der Waals surface area contributed by atoms with Crippen molar-refractivity contribution in [2.75, 3.05) is 0 Å². The first kappa shape index (κ1) is 18.3. The number of hydrogen-bond acceptors (Lipinski definition) is 4. The highest BCUT2D eigenvalue weighted by molar-refractivity contribution is 6.03. The highest BCUT2D eigenvalue weighted by atomic mass is 16.2. The van der Waals surface area contributed by atoms with Crippen molar-refractivity contribution in [2.24, 2.45) is 11.0 Å². The van der Waals surface area contributed by atoms with E-state index in [0.717, 1.165) is 54.9 Å². The zero-order valence-electron chi connectivity index (χ0n) is 16.3. The number of hydrazone groups is 1. The minimum Gasteiger partial charge on any atom is -0.296 e. The molecule has 1 N–H and O–H groups in total. The lowest BCUT2D eigenvalue weighted by Crippen LogP contribution is -2.24. The Kier molecular flexibility index (Phi) is 4.71. The van der Waals surface area contributed by atoms with Gasteiger partial charge in [-0.25, -0.2) is 10.4 Å². The summed E-state index contributed by atoms with van der Waals surface area (Å²) in [7, 11) is 0. The van der Waals surface area contributed by atoms with Gasteiger partial charge in [-0.05, 0) is 62.8 Å². The van der Waals surface area contributed by atoms with Gasteiger partial charge in [0.25, 0.3) is 11.5 Å². The van der Waals surface area contributed by atoms with Gasteiger partial charge in [-0.1, -0.05) is 18.2 Å². The van der Waals surface area contributed by atoms with Gasteiger partial charge >= 0.3 is 0 Å². The summed E-state index contributed by atoms with van der Waals surface area (Å²) in [5.74, 6) is 0.852. The lowest BCUT2D eigenvalue weighted by atomic mass is 9.85. The third kappa shape index (κ3) is 3.30. The maximum atomic E-state index is 12.6. The standard InChI is InChI=1S/C22H24N4O2/c1-13(2)15-7-6-14(3)18(11-15)24-25-21(27)16-8-9-17-19(12-16)23-20-5-4-10-26(20)22(17)28/h6,8-9,12,15H,1,4-5,7,10-11H2,2-3H3,(H,25,27)/b24-18-/t15-/m0/s1. The Morgan fingerprint density at radius 3 is 3.00 bits per heavy atom. The van der Waals surface area contributed by atoms with Crippen LogP contribution in [-0.4, -0.2) is 21.2 Å². The monoisotopic (exact) mass is 376 g/mol. The molecule has 0 saturated heterocycles. The van der Waals surface area contributed by atoms with Crippen molar-refractivity contribution in [3.05, 3.63) is 63.7 Å². The van der Waals surface area contributed by atoms with E-state index in [4.69, 9.17) is 0 Å². The van der Waals surface area contributed by atoms with Crippen molar-refractivity contribution in [3.63, 3.8) is 0 Å². The number of aryl methyl sites for hydroxylation is 1. The number of hydrogen-bond donors (Lipinski definition) is 1. The highest BCUT2D eigenvalue weighted by Gasteiger charge is 2.20. The van der Waals surface area contributed by atoms with Crippen LogP contribution in [0.1, 0.15) is 49.3 Å². The molecule has 1 aromatic carbocycles. The van der Waals surface area contributed by atoms with Crippen molar-refractivity contribution in [1.82, 2.24) is 15.0 Å². The highest BCUT2D eigenvalue weighted by Crippen LogP contribution is 2.26. The predicted molar refractivity (Wildman–Crippen MR) is 111 cm³/mol. The topological polar surface area (TPSA) is 76.3 Å². The maximum absolute atomic E-state index is 12.6. The Bertz CT molecular complexity index is 1110. The van der Waals surface area contributed by atoms with E-state index in [1.807, 2.05) is 13.8 Å². The van der Waals surface area contributed by atoms with E-state index in [0.29, 0.717) is 22.4 Å². The molecule has 1 aliphatic carbocycles. The molecule has 1 amide bonds. The third-order valence-corrected chi connectivity index (χ3v) is 5.67. The number of nitrogens with one attached hydrogen (secondary N) is 1. The Balaban J connectivity index is 1.58. The van der Waals surface area contributed by atoms with Crippen LogP contribution < -0.4 is 11.0 Å². The van der Waals surface area contributed by atoms with Gasteiger partial charge in [0, 0.05) is 18.5 Å². The van der Waals surface area contributed by atoms with Crippen LogP contribution in [0.25, 0.3) is 10.9 Å². The Labute approximate surface area is 163 Å². The van der Waals surface area contributed by atoms with E-state index in [1.165, 1.54) is 0 Å². The fraction of sp³-hybridized carbons (Fsp3) is 0.364. The molecule has 0 saturated carbocycles. The molecule has 0 bridgehead atoms. The van der Waals surface area contributed by atoms with Crippen LogP contribution in [0.2, 0.25) is 0 Å². The number of rotatable bonds is 3. The zero-order chi connectivity index (χ0) is 19.8. The van der Waals surface area contributed by atoms with Gasteiger partial charge in [0.15, 0.2) is 0 Å².